The molecule has 37 heavy (non-hydrogen) atoms. The molecule has 3 heterocycles. The average molecular weight is 506 g/mol. The highest BCUT2D eigenvalue weighted by Gasteiger charge is 2.48. The maximum Gasteiger partial charge on any atom is 0.234 e. The number of likely N-dealkylation sites (tertiary alicyclic amines) is 1. The number of carbonyl (C=O) groups is 1. The lowest BCUT2D eigenvalue weighted by atomic mass is 9.84. The molecule has 0 aliphatic carbocycles. The van der Waals surface area contributed by atoms with E-state index in [1.807, 2.05) is 55.4 Å². The van der Waals surface area contributed by atoms with Crippen LogP contribution in [0, 0.1) is 0 Å². The van der Waals surface area contributed by atoms with Gasteiger partial charge < -0.3 is 24.7 Å². The topological polar surface area (TPSA) is 73.1 Å². The van der Waals surface area contributed by atoms with E-state index in [0.29, 0.717) is 19.7 Å². The SMILES string of the molecule is COc1ccc2[nH]c3c(c2c1)CCN(CCNC(=O)CN(C)C)C31CCN(CCOc2ccccc2)C1. The van der Waals surface area contributed by atoms with Crippen LogP contribution in [-0.4, -0.2) is 99.2 Å². The third-order valence-corrected chi connectivity index (χ3v) is 7.73. The second kappa shape index (κ2) is 11.1. The first-order chi connectivity index (χ1) is 18.0. The number of methoxy groups -OCH3 is 1. The number of para-hydroxylation sites is 1. The highest BCUT2D eigenvalue weighted by molar-refractivity contribution is 5.87. The molecular formula is C29H39N5O3. The number of rotatable bonds is 10. The van der Waals surface area contributed by atoms with Crippen LogP contribution in [0.25, 0.3) is 10.9 Å². The predicted molar refractivity (Wildman–Crippen MR) is 146 cm³/mol. The number of hydrogen-bond donors (Lipinski definition) is 2. The van der Waals surface area contributed by atoms with Gasteiger partial charge in [-0.2, -0.15) is 0 Å². The molecule has 3 aromatic rings. The molecule has 0 saturated carbocycles. The van der Waals surface area contributed by atoms with E-state index in [0.717, 1.165) is 62.6 Å². The van der Waals surface area contributed by atoms with E-state index in [9.17, 15) is 4.79 Å². The first-order valence-corrected chi connectivity index (χ1v) is 13.2. The lowest BCUT2D eigenvalue weighted by molar-refractivity contribution is -0.121. The second-order valence-electron chi connectivity index (χ2n) is 10.4. The van der Waals surface area contributed by atoms with Gasteiger partial charge in [0, 0.05) is 55.9 Å². The molecule has 8 nitrogen and oxygen atoms in total. The second-order valence-corrected chi connectivity index (χ2v) is 10.4. The number of nitrogens with zero attached hydrogens (tertiary/aromatic N) is 3. The normalized spacial score (nSPS) is 20.0. The van der Waals surface area contributed by atoms with Gasteiger partial charge in [0.1, 0.15) is 18.1 Å². The number of hydrogen-bond acceptors (Lipinski definition) is 6. The molecule has 1 saturated heterocycles. The third kappa shape index (κ3) is 5.46. The average Bonchev–Trinajstić information content (AvgIpc) is 3.48. The quantitative estimate of drug-likeness (QED) is 0.442. The van der Waals surface area contributed by atoms with Crippen molar-refractivity contribution in [3.8, 4) is 11.5 Å². The van der Waals surface area contributed by atoms with Gasteiger partial charge in [0.15, 0.2) is 0 Å². The Kier molecular flexibility index (Phi) is 7.69. The first-order valence-electron chi connectivity index (χ1n) is 13.2. The van der Waals surface area contributed by atoms with Crippen LogP contribution in [0.3, 0.4) is 0 Å². The number of nitrogens with one attached hydrogen (secondary N) is 2. The molecule has 0 bridgehead atoms. The molecule has 5 rings (SSSR count). The Balaban J connectivity index is 1.35. The van der Waals surface area contributed by atoms with Gasteiger partial charge in [-0.15, -0.1) is 0 Å². The fourth-order valence-electron chi connectivity index (χ4n) is 5.96. The molecule has 198 valence electrons. The van der Waals surface area contributed by atoms with Crippen molar-refractivity contribution in [2.75, 3.05) is 73.6 Å². The number of aromatic nitrogens is 1. The van der Waals surface area contributed by atoms with E-state index in [4.69, 9.17) is 9.47 Å². The highest BCUT2D eigenvalue weighted by Crippen LogP contribution is 2.44. The maximum atomic E-state index is 12.3. The van der Waals surface area contributed by atoms with Gasteiger partial charge in [0.05, 0.1) is 19.2 Å². The smallest absolute Gasteiger partial charge is 0.234 e. The number of amides is 1. The van der Waals surface area contributed by atoms with Gasteiger partial charge in [-0.3, -0.25) is 14.6 Å². The van der Waals surface area contributed by atoms with Crippen LogP contribution in [0.4, 0.5) is 0 Å². The highest BCUT2D eigenvalue weighted by atomic mass is 16.5. The Morgan fingerprint density at radius 1 is 1.11 bits per heavy atom. The Morgan fingerprint density at radius 3 is 2.73 bits per heavy atom. The molecule has 1 unspecified atom stereocenters. The largest absolute Gasteiger partial charge is 0.497 e. The summed E-state index contributed by atoms with van der Waals surface area (Å²) < 4.78 is 11.5. The fraction of sp³-hybridized carbons (Fsp3) is 0.483. The molecule has 2 aliphatic heterocycles. The third-order valence-electron chi connectivity index (χ3n) is 7.73. The van der Waals surface area contributed by atoms with Crippen LogP contribution in [-0.2, 0) is 16.8 Å². The van der Waals surface area contributed by atoms with E-state index < -0.39 is 0 Å². The first kappa shape index (κ1) is 25.6. The van der Waals surface area contributed by atoms with Crippen LogP contribution < -0.4 is 14.8 Å². The van der Waals surface area contributed by atoms with Gasteiger partial charge in [-0.05, 0) is 62.8 Å². The molecule has 2 aromatic carbocycles. The summed E-state index contributed by atoms with van der Waals surface area (Å²) in [5.41, 5.74) is 3.79. The van der Waals surface area contributed by atoms with Crippen LogP contribution in [0.5, 0.6) is 11.5 Å². The number of carbonyl (C=O) groups excluding carboxylic acids is 1. The van der Waals surface area contributed by atoms with E-state index in [1.54, 1.807) is 7.11 Å². The number of benzene rings is 2. The summed E-state index contributed by atoms with van der Waals surface area (Å²) in [5.74, 6) is 1.87. The van der Waals surface area contributed by atoms with Crippen molar-refractivity contribution in [1.82, 2.24) is 25.0 Å². The van der Waals surface area contributed by atoms with Crippen molar-refractivity contribution in [3.63, 3.8) is 0 Å². The van der Waals surface area contributed by atoms with E-state index in [2.05, 4.69) is 32.2 Å². The molecule has 1 amide bonds. The van der Waals surface area contributed by atoms with Crippen LogP contribution >= 0.6 is 0 Å². The monoisotopic (exact) mass is 505 g/mol. The Morgan fingerprint density at radius 2 is 1.95 bits per heavy atom. The van der Waals surface area contributed by atoms with Gasteiger partial charge in [0.25, 0.3) is 0 Å². The minimum atomic E-state index is -0.112. The molecule has 1 aromatic heterocycles. The molecule has 2 aliphatic rings. The molecule has 2 N–H and O–H groups in total. The molecule has 8 heteroatoms. The number of fused-ring (bicyclic) bond motifs is 4. The van der Waals surface area contributed by atoms with Crippen molar-refractivity contribution in [1.29, 1.82) is 0 Å². The van der Waals surface area contributed by atoms with Crippen LogP contribution in [0.2, 0.25) is 0 Å². The van der Waals surface area contributed by atoms with E-state index in [-0.39, 0.29) is 11.4 Å². The van der Waals surface area contributed by atoms with E-state index >= 15 is 0 Å². The van der Waals surface area contributed by atoms with Crippen molar-refractivity contribution in [3.05, 3.63) is 59.8 Å². The Hall–Kier alpha value is -3.07. The summed E-state index contributed by atoms with van der Waals surface area (Å²) in [4.78, 5) is 23.1. The van der Waals surface area contributed by atoms with Crippen LogP contribution in [0.1, 0.15) is 17.7 Å². The van der Waals surface area contributed by atoms with Crippen molar-refractivity contribution in [2.45, 2.75) is 18.4 Å². The minimum Gasteiger partial charge on any atom is -0.497 e. The standard InChI is InChI=1S/C29H39N5O3/c1-32(2)20-27(35)30-13-16-34-14-11-24-25-19-23(36-3)9-10-26(25)31-28(24)29(34)12-15-33(21-29)17-18-37-22-7-5-4-6-8-22/h4-10,19,31H,11-18,20-21H2,1-3H3,(H,30,35). The van der Waals surface area contributed by atoms with E-state index in [1.165, 1.54) is 16.6 Å². The summed E-state index contributed by atoms with van der Waals surface area (Å²) in [6.07, 6.45) is 2.02. The van der Waals surface area contributed by atoms with Gasteiger partial charge in [0.2, 0.25) is 5.91 Å². The van der Waals surface area contributed by atoms with Crippen molar-refractivity contribution in [2.24, 2.45) is 0 Å². The Labute approximate surface area is 219 Å². The number of likely N-dealkylation sites (N-methyl/N-ethyl adjacent to an activating group) is 1. The van der Waals surface area contributed by atoms with Gasteiger partial charge >= 0.3 is 0 Å². The number of ether oxygens (including phenoxy) is 2. The zero-order valence-electron chi connectivity index (χ0n) is 22.3. The number of aromatic amines is 1. The zero-order valence-corrected chi connectivity index (χ0v) is 22.3. The zero-order chi connectivity index (χ0) is 25.8. The molecule has 1 atom stereocenters. The lowest BCUT2D eigenvalue weighted by Crippen LogP contribution is -2.54. The van der Waals surface area contributed by atoms with Gasteiger partial charge in [-0.25, -0.2) is 0 Å². The lowest BCUT2D eigenvalue weighted by Gasteiger charge is -2.45. The Bertz CT molecular complexity index is 1210. The number of H-pyrrole nitrogens is 1. The predicted octanol–water partition coefficient (Wildman–Crippen LogP) is 2.69. The molecule has 0 radical (unpaired) electrons. The maximum absolute atomic E-state index is 12.3. The van der Waals surface area contributed by atoms with Gasteiger partial charge in [-0.1, -0.05) is 18.2 Å². The molecule has 1 fully saturated rings. The van der Waals surface area contributed by atoms with Crippen molar-refractivity contribution >= 4 is 16.8 Å². The van der Waals surface area contributed by atoms with Crippen LogP contribution in [0.15, 0.2) is 48.5 Å². The molecule has 1 spiro atoms. The summed E-state index contributed by atoms with van der Waals surface area (Å²) in [5, 5.41) is 4.38. The fourth-order valence-corrected chi connectivity index (χ4v) is 5.96. The minimum absolute atomic E-state index is 0.0700. The molecular weight excluding hydrogens is 466 g/mol. The van der Waals surface area contributed by atoms with Crippen molar-refractivity contribution < 1.29 is 14.3 Å². The summed E-state index contributed by atoms with van der Waals surface area (Å²) in [7, 11) is 5.56. The summed E-state index contributed by atoms with van der Waals surface area (Å²) >= 11 is 0. The summed E-state index contributed by atoms with van der Waals surface area (Å²) in [6, 6.07) is 16.3. The summed E-state index contributed by atoms with van der Waals surface area (Å²) in [6.45, 7) is 6.35.